The minimum atomic E-state index is 1.10. The van der Waals surface area contributed by atoms with E-state index in [1.165, 1.54) is 62.6 Å². The lowest BCUT2D eigenvalue weighted by atomic mass is 9.97. The summed E-state index contributed by atoms with van der Waals surface area (Å²) < 4.78 is 6.48. The Morgan fingerprint density at radius 1 is 0.455 bits per heavy atom. The van der Waals surface area contributed by atoms with Crippen LogP contribution in [0.5, 0.6) is 0 Å². The first kappa shape index (κ1) is 19.5. The van der Waals surface area contributed by atoms with Gasteiger partial charge in [0.1, 0.15) is 0 Å². The van der Waals surface area contributed by atoms with E-state index in [2.05, 4.69) is 119 Å². The van der Waals surface area contributed by atoms with Crippen molar-refractivity contribution in [2.24, 2.45) is 0 Å². The van der Waals surface area contributed by atoms with Crippen LogP contribution in [0, 0.1) is 0 Å². The van der Waals surface area contributed by atoms with E-state index in [0.717, 1.165) is 4.47 Å². The summed E-state index contributed by atoms with van der Waals surface area (Å²) in [5.41, 5.74) is 5.07. The van der Waals surface area contributed by atoms with Crippen molar-refractivity contribution in [1.29, 1.82) is 0 Å². The van der Waals surface area contributed by atoms with Gasteiger partial charge >= 0.3 is 0 Å². The van der Waals surface area contributed by atoms with Gasteiger partial charge in [-0.2, -0.15) is 0 Å². The normalized spacial score (nSPS) is 11.8. The lowest BCUT2D eigenvalue weighted by Crippen LogP contribution is -1.84. The molecule has 0 bridgehead atoms. The molecule has 0 saturated heterocycles. The van der Waals surface area contributed by atoms with Gasteiger partial charge in [0.05, 0.1) is 0 Å². The number of hydrogen-bond acceptors (Lipinski definition) is 2. The zero-order valence-corrected chi connectivity index (χ0v) is 20.7. The van der Waals surface area contributed by atoms with Crippen molar-refractivity contribution < 1.29 is 0 Å². The fourth-order valence-corrected chi connectivity index (χ4v) is 7.82. The molecule has 0 aliphatic rings. The average molecular weight is 522 g/mol. The van der Waals surface area contributed by atoms with Crippen molar-refractivity contribution in [3.63, 3.8) is 0 Å². The van der Waals surface area contributed by atoms with E-state index in [9.17, 15) is 0 Å². The molecule has 5 aromatic carbocycles. The number of halogens is 1. The minimum Gasteiger partial charge on any atom is -0.135 e. The molecule has 0 aliphatic carbocycles. The van der Waals surface area contributed by atoms with Gasteiger partial charge in [-0.25, -0.2) is 0 Å². The van der Waals surface area contributed by atoms with Gasteiger partial charge in [0, 0.05) is 44.8 Å². The second-order valence-corrected chi connectivity index (χ2v) is 11.3. The highest BCUT2D eigenvalue weighted by molar-refractivity contribution is 9.10. The summed E-state index contributed by atoms with van der Waals surface area (Å²) in [5.74, 6) is 0. The molecule has 0 fully saturated rings. The smallest absolute Gasteiger partial charge is 0.0433 e. The largest absolute Gasteiger partial charge is 0.135 e. The summed E-state index contributed by atoms with van der Waals surface area (Å²) in [6.07, 6.45) is 0. The lowest BCUT2D eigenvalue weighted by Gasteiger charge is -2.10. The van der Waals surface area contributed by atoms with Crippen LogP contribution in [0.2, 0.25) is 0 Å². The summed E-state index contributed by atoms with van der Waals surface area (Å²) in [4.78, 5) is 0. The number of fused-ring (bicyclic) bond motifs is 6. The predicted octanol–water partition coefficient (Wildman–Crippen LogP) is 10.5. The number of rotatable bonds is 2. The van der Waals surface area contributed by atoms with Gasteiger partial charge in [0.15, 0.2) is 0 Å². The van der Waals surface area contributed by atoms with Gasteiger partial charge in [-0.1, -0.05) is 88.7 Å². The average Bonchev–Trinajstić information content (AvgIpc) is 3.42. The zero-order valence-electron chi connectivity index (χ0n) is 17.5. The molecule has 0 spiro atoms. The summed E-state index contributed by atoms with van der Waals surface area (Å²) in [6, 6.07) is 37.6. The van der Waals surface area contributed by atoms with Crippen LogP contribution >= 0.6 is 38.6 Å². The fourth-order valence-electron chi connectivity index (χ4n) is 4.85. The molecular formula is C30H17BrS2. The highest BCUT2D eigenvalue weighted by Gasteiger charge is 2.14. The molecule has 0 unspecified atom stereocenters. The quantitative estimate of drug-likeness (QED) is 0.212. The molecule has 3 heteroatoms. The molecule has 0 saturated carbocycles. The van der Waals surface area contributed by atoms with E-state index in [-0.39, 0.29) is 0 Å². The van der Waals surface area contributed by atoms with Crippen LogP contribution in [0.4, 0.5) is 0 Å². The van der Waals surface area contributed by atoms with Crippen molar-refractivity contribution >= 4 is 78.9 Å². The SMILES string of the molecule is Brc1cc(-c2cccc3c2sc2ccccc23)cc(-c2cccc3c2sc2ccccc23)c1. The fraction of sp³-hybridized carbons (Fsp3) is 0. The molecule has 0 aliphatic heterocycles. The Morgan fingerprint density at radius 2 is 0.909 bits per heavy atom. The molecule has 2 heterocycles. The summed E-state index contributed by atoms with van der Waals surface area (Å²) >= 11 is 7.58. The van der Waals surface area contributed by atoms with E-state index >= 15 is 0 Å². The van der Waals surface area contributed by atoms with Gasteiger partial charge in [-0.15, -0.1) is 22.7 Å². The molecule has 0 radical (unpaired) electrons. The van der Waals surface area contributed by atoms with E-state index in [0.29, 0.717) is 0 Å². The number of thiophene rings is 2. The van der Waals surface area contributed by atoms with Crippen molar-refractivity contribution in [2.45, 2.75) is 0 Å². The van der Waals surface area contributed by atoms with Crippen LogP contribution in [0.3, 0.4) is 0 Å². The Balaban J connectivity index is 1.48. The van der Waals surface area contributed by atoms with Gasteiger partial charge in [-0.3, -0.25) is 0 Å². The first-order valence-corrected chi connectivity index (χ1v) is 13.3. The Kier molecular flexibility index (Phi) is 4.44. The molecule has 7 rings (SSSR count). The maximum Gasteiger partial charge on any atom is 0.0433 e. The van der Waals surface area contributed by atoms with Crippen molar-refractivity contribution in [3.8, 4) is 22.3 Å². The lowest BCUT2D eigenvalue weighted by molar-refractivity contribution is 1.61. The van der Waals surface area contributed by atoms with E-state index in [1.54, 1.807) is 0 Å². The van der Waals surface area contributed by atoms with Crippen LogP contribution in [-0.4, -0.2) is 0 Å². The van der Waals surface area contributed by atoms with Gasteiger partial charge in [-0.05, 0) is 52.6 Å². The molecule has 33 heavy (non-hydrogen) atoms. The topological polar surface area (TPSA) is 0 Å². The molecule has 0 N–H and O–H groups in total. The Bertz CT molecular complexity index is 1710. The third kappa shape index (κ3) is 3.07. The van der Waals surface area contributed by atoms with Gasteiger partial charge in [0.25, 0.3) is 0 Å². The predicted molar refractivity (Wildman–Crippen MR) is 151 cm³/mol. The number of hydrogen-bond donors (Lipinski definition) is 0. The maximum atomic E-state index is 3.81. The molecule has 0 nitrogen and oxygen atoms in total. The molecule has 7 aromatic rings. The highest BCUT2D eigenvalue weighted by Crippen LogP contribution is 2.44. The Hall–Kier alpha value is -2.98. The van der Waals surface area contributed by atoms with Crippen molar-refractivity contribution in [1.82, 2.24) is 0 Å². The van der Waals surface area contributed by atoms with Crippen molar-refractivity contribution in [3.05, 3.63) is 108 Å². The molecule has 0 atom stereocenters. The molecular weight excluding hydrogens is 504 g/mol. The van der Waals surface area contributed by atoms with Crippen LogP contribution in [0.25, 0.3) is 62.6 Å². The summed E-state index contributed by atoms with van der Waals surface area (Å²) in [6.45, 7) is 0. The second kappa shape index (κ2) is 7.53. The third-order valence-corrected chi connectivity index (χ3v) is 9.23. The van der Waals surface area contributed by atoms with Gasteiger partial charge in [0.2, 0.25) is 0 Å². The highest BCUT2D eigenvalue weighted by atomic mass is 79.9. The molecule has 0 amide bonds. The van der Waals surface area contributed by atoms with E-state index in [1.807, 2.05) is 22.7 Å². The first-order chi connectivity index (χ1) is 16.3. The second-order valence-electron chi connectivity index (χ2n) is 8.29. The number of benzene rings is 5. The van der Waals surface area contributed by atoms with Gasteiger partial charge < -0.3 is 0 Å². The third-order valence-electron chi connectivity index (χ3n) is 6.33. The minimum absolute atomic E-state index is 1.10. The Labute approximate surface area is 207 Å². The summed E-state index contributed by atoms with van der Waals surface area (Å²) in [5, 5.41) is 5.34. The molecule has 2 aromatic heterocycles. The van der Waals surface area contributed by atoms with Crippen LogP contribution < -0.4 is 0 Å². The van der Waals surface area contributed by atoms with Crippen LogP contribution in [0.1, 0.15) is 0 Å². The van der Waals surface area contributed by atoms with Crippen molar-refractivity contribution in [2.75, 3.05) is 0 Å². The molecule has 156 valence electrons. The van der Waals surface area contributed by atoms with Crippen LogP contribution in [0.15, 0.2) is 108 Å². The monoisotopic (exact) mass is 520 g/mol. The summed E-state index contributed by atoms with van der Waals surface area (Å²) in [7, 11) is 0. The van der Waals surface area contributed by atoms with E-state index in [4.69, 9.17) is 0 Å². The maximum absolute atomic E-state index is 3.81. The van der Waals surface area contributed by atoms with Crippen LogP contribution in [-0.2, 0) is 0 Å². The Morgan fingerprint density at radius 3 is 1.42 bits per heavy atom. The standard InChI is InChI=1S/C30H17BrS2/c31-20-16-18(21-9-5-11-25-23-7-1-3-13-27(23)32-29(21)25)15-19(17-20)22-10-6-12-26-24-8-2-4-14-28(24)33-30(22)26/h1-17H. The first-order valence-electron chi connectivity index (χ1n) is 10.9. The zero-order chi connectivity index (χ0) is 21.9. The van der Waals surface area contributed by atoms with E-state index < -0.39 is 0 Å².